The molecule has 0 saturated carbocycles. The fourth-order valence-corrected chi connectivity index (χ4v) is 5.66. The first-order valence-electron chi connectivity index (χ1n) is 18.4. The van der Waals surface area contributed by atoms with E-state index in [9.17, 15) is 0 Å². The van der Waals surface area contributed by atoms with Crippen LogP contribution in [-0.2, 0) is 9.47 Å². The molecule has 0 fully saturated rings. The molecule has 1 N–H and O–H groups in total. The van der Waals surface area contributed by atoms with Gasteiger partial charge in [0.1, 0.15) is 19.9 Å². The largest absolute Gasteiger partial charge is 0.487 e. The van der Waals surface area contributed by atoms with Gasteiger partial charge in [-0.3, -0.25) is 15.4 Å². The Morgan fingerprint density at radius 3 is 1.81 bits per heavy atom. The number of fused-ring (bicyclic) bond motifs is 1. The standard InChI is InChI=1S/C40H61N3O4/c1-4-7-9-11-13-15-17-19-24-44-26-28-46-39-31-36-33-41-34-43(42-37-23-21-22-35(6-3)30-37)38(36)32-40(39)47-29-27-45-25-20-18-16-14-12-10-8-5-2/h3,21-23,30-33,42H,4-5,7-20,24-29,34H2,1-2H3. The highest BCUT2D eigenvalue weighted by Crippen LogP contribution is 2.36. The maximum atomic E-state index is 6.26. The molecule has 7 heteroatoms. The molecule has 0 radical (unpaired) electrons. The summed E-state index contributed by atoms with van der Waals surface area (Å²) in [5, 5.41) is 1.99. The topological polar surface area (TPSA) is 64.6 Å². The van der Waals surface area contributed by atoms with E-state index < -0.39 is 0 Å². The quantitative estimate of drug-likeness (QED) is 0.0733. The fraction of sp³-hybridized carbons (Fsp3) is 0.625. The normalized spacial score (nSPS) is 12.1. The van der Waals surface area contributed by atoms with Crippen LogP contribution in [-0.4, -0.2) is 52.5 Å². The summed E-state index contributed by atoms with van der Waals surface area (Å²) in [6.45, 7) is 8.52. The van der Waals surface area contributed by atoms with Crippen molar-refractivity contribution < 1.29 is 18.9 Å². The van der Waals surface area contributed by atoms with Crippen LogP contribution in [0.15, 0.2) is 41.4 Å². The molecule has 1 heterocycles. The number of rotatable bonds is 28. The molecule has 0 spiro atoms. The number of hydrogen-bond donors (Lipinski definition) is 1. The maximum absolute atomic E-state index is 6.26. The minimum atomic E-state index is 0.451. The molecule has 3 rings (SSSR count). The van der Waals surface area contributed by atoms with Gasteiger partial charge >= 0.3 is 0 Å². The van der Waals surface area contributed by atoms with Crippen LogP contribution in [0, 0.1) is 12.3 Å². The predicted molar refractivity (Wildman–Crippen MR) is 197 cm³/mol. The van der Waals surface area contributed by atoms with Crippen molar-refractivity contribution in [1.82, 2.24) is 0 Å². The lowest BCUT2D eigenvalue weighted by Crippen LogP contribution is -2.33. The summed E-state index contributed by atoms with van der Waals surface area (Å²) in [6, 6.07) is 11.8. The van der Waals surface area contributed by atoms with Crippen LogP contribution in [0.4, 0.5) is 11.4 Å². The molecular formula is C40H61N3O4. The molecule has 1 aliphatic heterocycles. The molecule has 47 heavy (non-hydrogen) atoms. The number of aliphatic imine (C=N–C) groups is 1. The maximum Gasteiger partial charge on any atom is 0.163 e. The molecule has 0 atom stereocenters. The van der Waals surface area contributed by atoms with Crippen molar-refractivity contribution in [2.45, 2.75) is 117 Å². The molecule has 7 nitrogen and oxygen atoms in total. The number of nitrogens with zero attached hydrogens (tertiary/aromatic N) is 2. The van der Waals surface area contributed by atoms with Gasteiger partial charge in [-0.25, -0.2) is 0 Å². The summed E-state index contributed by atoms with van der Waals surface area (Å²) >= 11 is 0. The van der Waals surface area contributed by atoms with Crippen LogP contribution in [0.25, 0.3) is 0 Å². The Kier molecular flexibility index (Phi) is 20.3. The molecule has 1 aliphatic rings. The van der Waals surface area contributed by atoms with Crippen LogP contribution in [0.1, 0.15) is 128 Å². The van der Waals surface area contributed by atoms with Gasteiger partial charge in [-0.15, -0.1) is 6.42 Å². The SMILES string of the molecule is C#Cc1cccc(NN2CN=Cc3cc(OCCOCCCCCCCCCC)c(OCCOCCCCCCCCCC)cc32)c1. The van der Waals surface area contributed by atoms with Crippen molar-refractivity contribution in [2.75, 3.05) is 56.7 Å². The molecule has 2 aromatic carbocycles. The van der Waals surface area contributed by atoms with Crippen molar-refractivity contribution in [2.24, 2.45) is 4.99 Å². The van der Waals surface area contributed by atoms with Gasteiger partial charge < -0.3 is 18.9 Å². The van der Waals surface area contributed by atoms with E-state index in [1.165, 1.54) is 89.9 Å². The monoisotopic (exact) mass is 647 g/mol. The number of ether oxygens (including phenoxy) is 4. The number of anilines is 2. The Bertz CT molecular complexity index is 1180. The lowest BCUT2D eigenvalue weighted by atomic mass is 10.1. The number of terminal acetylenes is 1. The van der Waals surface area contributed by atoms with Crippen molar-refractivity contribution in [3.63, 3.8) is 0 Å². The van der Waals surface area contributed by atoms with Gasteiger partial charge in [0.2, 0.25) is 0 Å². The van der Waals surface area contributed by atoms with E-state index in [0.717, 1.165) is 48.6 Å². The second kappa shape index (κ2) is 24.9. The van der Waals surface area contributed by atoms with Crippen LogP contribution in [0.2, 0.25) is 0 Å². The van der Waals surface area contributed by atoms with E-state index in [1.54, 1.807) is 0 Å². The summed E-state index contributed by atoms with van der Waals surface area (Å²) in [5.41, 5.74) is 7.07. The zero-order valence-corrected chi connectivity index (χ0v) is 29.4. The lowest BCUT2D eigenvalue weighted by molar-refractivity contribution is 0.0883. The Balaban J connectivity index is 1.48. The minimum Gasteiger partial charge on any atom is -0.487 e. The van der Waals surface area contributed by atoms with E-state index in [-0.39, 0.29) is 0 Å². The van der Waals surface area contributed by atoms with Gasteiger partial charge in [0, 0.05) is 36.6 Å². The number of hydrazine groups is 1. The van der Waals surface area contributed by atoms with E-state index in [2.05, 4.69) is 30.2 Å². The van der Waals surface area contributed by atoms with Crippen molar-refractivity contribution in [3.05, 3.63) is 47.5 Å². The van der Waals surface area contributed by atoms with E-state index in [4.69, 9.17) is 25.4 Å². The summed E-state index contributed by atoms with van der Waals surface area (Å²) < 4.78 is 24.3. The van der Waals surface area contributed by atoms with Crippen molar-refractivity contribution in [1.29, 1.82) is 0 Å². The predicted octanol–water partition coefficient (Wildman–Crippen LogP) is 9.96. The molecule has 2 aromatic rings. The molecule has 0 saturated heterocycles. The van der Waals surface area contributed by atoms with Gasteiger partial charge in [-0.2, -0.15) is 0 Å². The third-order valence-corrected chi connectivity index (χ3v) is 8.39. The van der Waals surface area contributed by atoms with Gasteiger partial charge in [-0.1, -0.05) is 116 Å². The first kappa shape index (κ1) is 38.2. The first-order valence-corrected chi connectivity index (χ1v) is 18.4. The zero-order chi connectivity index (χ0) is 33.2. The van der Waals surface area contributed by atoms with Gasteiger partial charge in [0.05, 0.1) is 24.6 Å². The van der Waals surface area contributed by atoms with E-state index in [0.29, 0.717) is 44.6 Å². The minimum absolute atomic E-state index is 0.451. The fourth-order valence-electron chi connectivity index (χ4n) is 5.66. The Morgan fingerprint density at radius 2 is 1.23 bits per heavy atom. The Labute approximate surface area is 285 Å². The second-order valence-electron chi connectivity index (χ2n) is 12.4. The van der Waals surface area contributed by atoms with Gasteiger partial charge in [-0.05, 0) is 37.1 Å². The highest BCUT2D eigenvalue weighted by Gasteiger charge is 2.19. The smallest absolute Gasteiger partial charge is 0.163 e. The van der Waals surface area contributed by atoms with Crippen LogP contribution in [0.3, 0.4) is 0 Å². The molecule has 0 bridgehead atoms. The summed E-state index contributed by atoms with van der Waals surface area (Å²) in [4.78, 5) is 4.57. The third-order valence-electron chi connectivity index (χ3n) is 8.39. The number of benzene rings is 2. The van der Waals surface area contributed by atoms with Crippen molar-refractivity contribution in [3.8, 4) is 23.8 Å². The van der Waals surface area contributed by atoms with Gasteiger partial charge in [0.25, 0.3) is 0 Å². The zero-order valence-electron chi connectivity index (χ0n) is 29.4. The lowest BCUT2D eigenvalue weighted by Gasteiger charge is -2.29. The highest BCUT2D eigenvalue weighted by atomic mass is 16.6. The Morgan fingerprint density at radius 1 is 0.681 bits per heavy atom. The molecule has 0 aromatic heterocycles. The van der Waals surface area contributed by atoms with Crippen LogP contribution >= 0.6 is 0 Å². The van der Waals surface area contributed by atoms with E-state index in [1.807, 2.05) is 47.6 Å². The molecule has 0 amide bonds. The molecular weight excluding hydrogens is 586 g/mol. The summed E-state index contributed by atoms with van der Waals surface area (Å²) in [5.74, 6) is 4.07. The summed E-state index contributed by atoms with van der Waals surface area (Å²) in [6.07, 6.45) is 28.2. The molecule has 0 aliphatic carbocycles. The first-order chi connectivity index (χ1) is 23.2. The number of unbranched alkanes of at least 4 members (excludes halogenated alkanes) is 14. The third kappa shape index (κ3) is 16.0. The van der Waals surface area contributed by atoms with Gasteiger partial charge in [0.15, 0.2) is 11.5 Å². The summed E-state index contributed by atoms with van der Waals surface area (Å²) in [7, 11) is 0. The number of nitrogens with one attached hydrogen (secondary N) is 1. The van der Waals surface area contributed by atoms with E-state index >= 15 is 0 Å². The van der Waals surface area contributed by atoms with Crippen LogP contribution in [0.5, 0.6) is 11.5 Å². The highest BCUT2D eigenvalue weighted by molar-refractivity contribution is 5.92. The molecule has 260 valence electrons. The van der Waals surface area contributed by atoms with Crippen LogP contribution < -0.4 is 19.9 Å². The second-order valence-corrected chi connectivity index (χ2v) is 12.4. The Hall–Kier alpha value is -3.21. The average molecular weight is 648 g/mol. The average Bonchev–Trinajstić information content (AvgIpc) is 3.09. The molecule has 0 unspecified atom stereocenters. The number of hydrogen-bond acceptors (Lipinski definition) is 7. The van der Waals surface area contributed by atoms with Crippen molar-refractivity contribution >= 4 is 17.6 Å².